The van der Waals surface area contributed by atoms with Gasteiger partial charge in [-0.15, -0.1) is 0 Å². The summed E-state index contributed by atoms with van der Waals surface area (Å²) >= 11 is 0. The number of methoxy groups -OCH3 is 1. The van der Waals surface area contributed by atoms with E-state index in [0.717, 1.165) is 16.3 Å². The van der Waals surface area contributed by atoms with Crippen LogP contribution in [-0.4, -0.2) is 25.7 Å². The fraction of sp³-hybridized carbons (Fsp3) is 0.250. The van der Waals surface area contributed by atoms with Gasteiger partial charge in [0.1, 0.15) is 0 Å². The Labute approximate surface area is 123 Å². The summed E-state index contributed by atoms with van der Waals surface area (Å²) in [7, 11) is 1.22. The van der Waals surface area contributed by atoms with Crippen LogP contribution in [0.5, 0.6) is 0 Å². The number of amides is 2. The summed E-state index contributed by atoms with van der Waals surface area (Å²) in [6.45, 7) is 2.02. The quantitative estimate of drug-likeness (QED) is 0.905. The fourth-order valence-corrected chi connectivity index (χ4v) is 2.19. The molecule has 1 atom stereocenters. The molecule has 0 spiro atoms. The molecule has 0 fully saturated rings. The molecule has 0 saturated heterocycles. The average Bonchev–Trinajstić information content (AvgIpc) is 2.51. The van der Waals surface area contributed by atoms with E-state index in [4.69, 9.17) is 0 Å². The van der Waals surface area contributed by atoms with Crippen LogP contribution < -0.4 is 10.6 Å². The van der Waals surface area contributed by atoms with Crippen molar-refractivity contribution in [1.29, 1.82) is 0 Å². The number of carbonyl (C=O) groups is 2. The molecule has 0 aromatic heterocycles. The molecule has 0 heterocycles. The molecule has 2 N–H and O–H groups in total. The predicted molar refractivity (Wildman–Crippen MR) is 80.9 cm³/mol. The molecule has 5 nitrogen and oxygen atoms in total. The van der Waals surface area contributed by atoms with E-state index in [2.05, 4.69) is 33.6 Å². The Hall–Kier alpha value is -2.40. The van der Waals surface area contributed by atoms with Crippen molar-refractivity contribution in [3.8, 4) is 0 Å². The normalized spacial score (nSPS) is 11.9. The molecule has 21 heavy (non-hydrogen) atoms. The second-order valence-electron chi connectivity index (χ2n) is 4.71. The standard InChI is InChI=1S/C16H18N2O3/c1-11(17-10-15(19)18-16(20)21-2)13-9-5-7-12-6-3-4-8-14(12)13/h3-9,11,17H,10H2,1-2H3,(H,18,19,20)/t11-/m1/s1. The SMILES string of the molecule is COC(=O)NC(=O)CN[C@H](C)c1cccc2ccccc12. The van der Waals surface area contributed by atoms with Crippen molar-refractivity contribution in [2.45, 2.75) is 13.0 Å². The number of benzene rings is 2. The van der Waals surface area contributed by atoms with Crippen LogP contribution in [0.4, 0.5) is 4.79 Å². The van der Waals surface area contributed by atoms with E-state index in [1.165, 1.54) is 7.11 Å². The van der Waals surface area contributed by atoms with Gasteiger partial charge in [-0.1, -0.05) is 42.5 Å². The monoisotopic (exact) mass is 286 g/mol. The second-order valence-corrected chi connectivity index (χ2v) is 4.71. The third-order valence-electron chi connectivity index (χ3n) is 3.29. The van der Waals surface area contributed by atoms with Crippen molar-refractivity contribution in [3.63, 3.8) is 0 Å². The maximum atomic E-state index is 11.5. The Morgan fingerprint density at radius 3 is 2.62 bits per heavy atom. The van der Waals surface area contributed by atoms with Crippen LogP contribution in [0.1, 0.15) is 18.5 Å². The molecule has 2 aromatic carbocycles. The maximum absolute atomic E-state index is 11.5. The van der Waals surface area contributed by atoms with Gasteiger partial charge in [0.25, 0.3) is 0 Å². The first-order valence-electron chi connectivity index (χ1n) is 6.70. The number of fused-ring (bicyclic) bond motifs is 1. The van der Waals surface area contributed by atoms with Crippen LogP contribution in [-0.2, 0) is 9.53 Å². The van der Waals surface area contributed by atoms with Gasteiger partial charge in [0, 0.05) is 6.04 Å². The van der Waals surface area contributed by atoms with Gasteiger partial charge in [-0.3, -0.25) is 10.1 Å². The van der Waals surface area contributed by atoms with Gasteiger partial charge in [-0.25, -0.2) is 4.79 Å². The fourth-order valence-electron chi connectivity index (χ4n) is 2.19. The van der Waals surface area contributed by atoms with Gasteiger partial charge < -0.3 is 10.1 Å². The molecular weight excluding hydrogens is 268 g/mol. The van der Waals surface area contributed by atoms with Crippen molar-refractivity contribution in [1.82, 2.24) is 10.6 Å². The Kier molecular flexibility index (Phi) is 4.90. The lowest BCUT2D eigenvalue weighted by Crippen LogP contribution is -2.38. The highest BCUT2D eigenvalue weighted by molar-refractivity contribution is 5.92. The summed E-state index contributed by atoms with van der Waals surface area (Å²) in [5.41, 5.74) is 1.11. The van der Waals surface area contributed by atoms with Crippen LogP contribution in [0.2, 0.25) is 0 Å². The van der Waals surface area contributed by atoms with Gasteiger partial charge in [-0.2, -0.15) is 0 Å². The molecule has 0 saturated carbocycles. The lowest BCUT2D eigenvalue weighted by molar-refractivity contribution is -0.119. The number of hydrogen-bond donors (Lipinski definition) is 2. The van der Waals surface area contributed by atoms with Crippen molar-refractivity contribution in [3.05, 3.63) is 48.0 Å². The average molecular weight is 286 g/mol. The Morgan fingerprint density at radius 1 is 1.14 bits per heavy atom. The zero-order valence-electron chi connectivity index (χ0n) is 12.1. The number of imide groups is 1. The molecule has 2 rings (SSSR count). The maximum Gasteiger partial charge on any atom is 0.413 e. The lowest BCUT2D eigenvalue weighted by atomic mass is 10.00. The van der Waals surface area contributed by atoms with Crippen molar-refractivity contribution in [2.24, 2.45) is 0 Å². The van der Waals surface area contributed by atoms with Crippen molar-refractivity contribution in [2.75, 3.05) is 13.7 Å². The highest BCUT2D eigenvalue weighted by atomic mass is 16.5. The molecule has 2 aromatic rings. The molecule has 5 heteroatoms. The van der Waals surface area contributed by atoms with E-state index < -0.39 is 12.0 Å². The Bertz CT molecular complexity index is 650. The molecular formula is C16H18N2O3. The summed E-state index contributed by atoms with van der Waals surface area (Å²) in [6, 6.07) is 14.1. The summed E-state index contributed by atoms with van der Waals surface area (Å²) in [4.78, 5) is 22.5. The van der Waals surface area contributed by atoms with Gasteiger partial charge in [-0.05, 0) is 23.3 Å². The van der Waals surface area contributed by atoms with Gasteiger partial charge >= 0.3 is 6.09 Å². The highest BCUT2D eigenvalue weighted by Crippen LogP contribution is 2.23. The first-order chi connectivity index (χ1) is 10.1. The number of ether oxygens (including phenoxy) is 1. The number of rotatable bonds is 4. The van der Waals surface area contributed by atoms with E-state index in [9.17, 15) is 9.59 Å². The molecule has 110 valence electrons. The van der Waals surface area contributed by atoms with E-state index in [1.54, 1.807) is 0 Å². The van der Waals surface area contributed by atoms with Gasteiger partial charge in [0.05, 0.1) is 13.7 Å². The minimum atomic E-state index is -0.750. The smallest absolute Gasteiger partial charge is 0.413 e. The topological polar surface area (TPSA) is 67.4 Å². The third kappa shape index (κ3) is 3.79. The molecule has 0 bridgehead atoms. The molecule has 0 radical (unpaired) electrons. The van der Waals surface area contributed by atoms with E-state index >= 15 is 0 Å². The van der Waals surface area contributed by atoms with Crippen LogP contribution in [0.15, 0.2) is 42.5 Å². The third-order valence-corrected chi connectivity index (χ3v) is 3.29. The van der Waals surface area contributed by atoms with E-state index in [1.807, 2.05) is 31.2 Å². The second kappa shape index (κ2) is 6.85. The van der Waals surface area contributed by atoms with Crippen molar-refractivity contribution < 1.29 is 14.3 Å². The molecule has 2 amide bonds. The van der Waals surface area contributed by atoms with Crippen LogP contribution >= 0.6 is 0 Å². The largest absolute Gasteiger partial charge is 0.453 e. The number of hydrogen-bond acceptors (Lipinski definition) is 4. The van der Waals surface area contributed by atoms with Crippen LogP contribution in [0.25, 0.3) is 10.8 Å². The van der Waals surface area contributed by atoms with Crippen LogP contribution in [0.3, 0.4) is 0 Å². The molecule has 0 aliphatic heterocycles. The van der Waals surface area contributed by atoms with E-state index in [0.29, 0.717) is 0 Å². The van der Waals surface area contributed by atoms with E-state index in [-0.39, 0.29) is 12.6 Å². The summed E-state index contributed by atoms with van der Waals surface area (Å²) in [6.07, 6.45) is -0.750. The summed E-state index contributed by atoms with van der Waals surface area (Å²) in [5.74, 6) is -0.422. The highest BCUT2D eigenvalue weighted by Gasteiger charge is 2.12. The van der Waals surface area contributed by atoms with Gasteiger partial charge in [0.15, 0.2) is 0 Å². The minimum absolute atomic E-state index is 0.0144. The molecule has 0 unspecified atom stereocenters. The Balaban J connectivity index is 2.04. The van der Waals surface area contributed by atoms with Crippen molar-refractivity contribution >= 4 is 22.8 Å². The first-order valence-corrected chi connectivity index (χ1v) is 6.70. The number of carbonyl (C=O) groups excluding carboxylic acids is 2. The number of alkyl carbamates (subject to hydrolysis) is 1. The lowest BCUT2D eigenvalue weighted by Gasteiger charge is -2.16. The first kappa shape index (κ1) is 15.0. The molecule has 0 aliphatic carbocycles. The van der Waals surface area contributed by atoms with Gasteiger partial charge in [0.2, 0.25) is 5.91 Å². The minimum Gasteiger partial charge on any atom is -0.453 e. The van der Waals surface area contributed by atoms with Crippen LogP contribution in [0, 0.1) is 0 Å². The Morgan fingerprint density at radius 2 is 1.86 bits per heavy atom. The predicted octanol–water partition coefficient (Wildman–Crippen LogP) is 2.37. The summed E-state index contributed by atoms with van der Waals surface area (Å²) < 4.78 is 4.37. The number of nitrogens with one attached hydrogen (secondary N) is 2. The zero-order chi connectivity index (χ0) is 15.2. The zero-order valence-corrected chi connectivity index (χ0v) is 12.1. The molecule has 0 aliphatic rings. The summed E-state index contributed by atoms with van der Waals surface area (Å²) in [5, 5.41) is 7.51.